The number of aryl methyl sites for hydroxylation is 1. The first-order valence-corrected chi connectivity index (χ1v) is 8.80. The molecule has 0 aromatic heterocycles. The molecule has 1 N–H and O–H groups in total. The molecule has 0 bridgehead atoms. The van der Waals surface area contributed by atoms with Crippen molar-refractivity contribution in [2.45, 2.75) is 65.9 Å². The van der Waals surface area contributed by atoms with Crippen molar-refractivity contribution >= 4 is 6.08 Å². The fourth-order valence-electron chi connectivity index (χ4n) is 2.98. The summed E-state index contributed by atoms with van der Waals surface area (Å²) in [5.41, 5.74) is 4.44. The summed E-state index contributed by atoms with van der Waals surface area (Å²) in [6.07, 6.45) is 12.9. The van der Waals surface area contributed by atoms with Crippen LogP contribution in [0.4, 0.5) is 0 Å². The lowest BCUT2D eigenvalue weighted by atomic mass is 9.93. The van der Waals surface area contributed by atoms with Gasteiger partial charge in [0.25, 0.3) is 0 Å². The Balaban J connectivity index is 1.95. The number of hydrogen-bond donors (Lipinski definition) is 1. The zero-order chi connectivity index (χ0) is 17.7. The molecule has 1 aliphatic rings. The summed E-state index contributed by atoms with van der Waals surface area (Å²) in [5.74, 6) is 0.837. The Labute approximate surface area is 146 Å². The van der Waals surface area contributed by atoms with Gasteiger partial charge in [-0.3, -0.25) is 0 Å². The number of allylic oxidation sites excluding steroid dienone is 4. The molecule has 1 heterocycles. The van der Waals surface area contributed by atoms with Crippen molar-refractivity contribution < 1.29 is 9.84 Å². The Morgan fingerprint density at radius 2 is 1.92 bits per heavy atom. The molecule has 2 rings (SSSR count). The van der Waals surface area contributed by atoms with Gasteiger partial charge in [-0.15, -0.1) is 0 Å². The lowest BCUT2D eigenvalue weighted by Crippen LogP contribution is -2.31. The summed E-state index contributed by atoms with van der Waals surface area (Å²) in [4.78, 5) is 0. The molecule has 130 valence electrons. The molecule has 0 fully saturated rings. The predicted molar refractivity (Wildman–Crippen MR) is 103 cm³/mol. The lowest BCUT2D eigenvalue weighted by Gasteiger charge is -2.32. The van der Waals surface area contributed by atoms with E-state index in [2.05, 4.69) is 52.0 Å². The van der Waals surface area contributed by atoms with Gasteiger partial charge in [-0.1, -0.05) is 29.4 Å². The zero-order valence-corrected chi connectivity index (χ0v) is 15.6. The highest BCUT2D eigenvalue weighted by molar-refractivity contribution is 5.66. The van der Waals surface area contributed by atoms with E-state index in [4.69, 9.17) is 4.74 Å². The maximum atomic E-state index is 10.1. The van der Waals surface area contributed by atoms with Gasteiger partial charge in [0.2, 0.25) is 0 Å². The molecular weight excluding hydrogens is 296 g/mol. The van der Waals surface area contributed by atoms with Crippen LogP contribution in [0.1, 0.15) is 64.5 Å². The third-order valence-electron chi connectivity index (χ3n) is 4.42. The van der Waals surface area contributed by atoms with Crippen LogP contribution >= 0.6 is 0 Å². The summed E-state index contributed by atoms with van der Waals surface area (Å²) < 4.78 is 6.12. The van der Waals surface area contributed by atoms with E-state index >= 15 is 0 Å². The highest BCUT2D eigenvalue weighted by atomic mass is 16.5. The molecule has 24 heavy (non-hydrogen) atoms. The Bertz CT molecular complexity index is 675. The van der Waals surface area contributed by atoms with Crippen molar-refractivity contribution in [1.82, 2.24) is 0 Å². The van der Waals surface area contributed by atoms with Crippen LogP contribution in [-0.4, -0.2) is 10.7 Å². The molecule has 0 aliphatic carbocycles. The molecule has 0 amide bonds. The number of ether oxygens (including phenoxy) is 1. The van der Waals surface area contributed by atoms with Gasteiger partial charge in [0.05, 0.1) is 0 Å². The average Bonchev–Trinajstić information content (AvgIpc) is 2.48. The third-order valence-corrected chi connectivity index (χ3v) is 4.42. The molecule has 1 aromatic carbocycles. The predicted octanol–water partition coefficient (Wildman–Crippen LogP) is 6.34. The molecular formula is C22H30O2. The Morgan fingerprint density at radius 3 is 2.62 bits per heavy atom. The summed E-state index contributed by atoms with van der Waals surface area (Å²) in [6.45, 7) is 10.5. The molecule has 1 aromatic rings. The van der Waals surface area contributed by atoms with Crippen LogP contribution in [0.15, 0.2) is 41.5 Å². The number of rotatable bonds is 6. The molecule has 0 saturated heterocycles. The summed E-state index contributed by atoms with van der Waals surface area (Å²) in [5, 5.41) is 10.1. The van der Waals surface area contributed by atoms with Crippen molar-refractivity contribution in [2.24, 2.45) is 0 Å². The number of phenolic OH excluding ortho intramolecular Hbond substituents is 1. The van der Waals surface area contributed by atoms with Crippen LogP contribution in [0.5, 0.6) is 11.5 Å². The highest BCUT2D eigenvalue weighted by Gasteiger charge is 2.28. The number of phenols is 1. The van der Waals surface area contributed by atoms with Crippen LogP contribution in [0, 0.1) is 6.92 Å². The SMILES string of the molecule is CC(C)=CCC/C(C)=C/CCC1(C)C=Cc2cc(C)cc(O)c2O1. The van der Waals surface area contributed by atoms with E-state index in [1.54, 1.807) is 6.07 Å². The highest BCUT2D eigenvalue weighted by Crippen LogP contribution is 2.40. The Morgan fingerprint density at radius 1 is 1.17 bits per heavy atom. The molecule has 0 spiro atoms. The van der Waals surface area contributed by atoms with Gasteiger partial charge in [-0.2, -0.15) is 0 Å². The van der Waals surface area contributed by atoms with E-state index in [9.17, 15) is 5.11 Å². The lowest BCUT2D eigenvalue weighted by molar-refractivity contribution is 0.123. The van der Waals surface area contributed by atoms with Crippen LogP contribution in [-0.2, 0) is 0 Å². The Kier molecular flexibility index (Phi) is 5.93. The first-order chi connectivity index (χ1) is 11.3. The largest absolute Gasteiger partial charge is 0.504 e. The standard InChI is InChI=1S/C22H30O2/c1-16(2)8-6-9-17(3)10-7-12-22(5)13-11-19-14-18(4)15-20(23)21(19)24-22/h8,10-11,13-15,23H,6-7,9,12H2,1-5H3/b17-10+. The minimum absolute atomic E-state index is 0.231. The van der Waals surface area contributed by atoms with Gasteiger partial charge >= 0.3 is 0 Å². The van der Waals surface area contributed by atoms with E-state index in [-0.39, 0.29) is 11.4 Å². The van der Waals surface area contributed by atoms with Gasteiger partial charge in [-0.25, -0.2) is 0 Å². The monoisotopic (exact) mass is 326 g/mol. The van der Waals surface area contributed by atoms with Crippen molar-refractivity contribution in [3.8, 4) is 11.5 Å². The second-order valence-corrected chi connectivity index (χ2v) is 7.36. The maximum absolute atomic E-state index is 10.1. The quantitative estimate of drug-likeness (QED) is 0.618. The van der Waals surface area contributed by atoms with Gasteiger partial charge in [-0.05, 0) is 84.1 Å². The van der Waals surface area contributed by atoms with E-state index < -0.39 is 0 Å². The fraction of sp³-hybridized carbons (Fsp3) is 0.455. The minimum Gasteiger partial charge on any atom is -0.504 e. The van der Waals surface area contributed by atoms with Crippen molar-refractivity contribution in [1.29, 1.82) is 0 Å². The van der Waals surface area contributed by atoms with E-state index in [0.717, 1.165) is 36.8 Å². The van der Waals surface area contributed by atoms with Gasteiger partial charge in [0.1, 0.15) is 5.60 Å². The van der Waals surface area contributed by atoms with Crippen LogP contribution < -0.4 is 4.74 Å². The zero-order valence-electron chi connectivity index (χ0n) is 15.6. The first kappa shape index (κ1) is 18.4. The number of fused-ring (bicyclic) bond motifs is 1. The van der Waals surface area contributed by atoms with Crippen molar-refractivity contribution in [2.75, 3.05) is 0 Å². The molecule has 1 atom stereocenters. The fourth-order valence-corrected chi connectivity index (χ4v) is 2.98. The smallest absolute Gasteiger partial charge is 0.169 e. The van der Waals surface area contributed by atoms with Crippen LogP contribution in [0.25, 0.3) is 6.08 Å². The number of hydrogen-bond acceptors (Lipinski definition) is 2. The normalized spacial score (nSPS) is 19.6. The topological polar surface area (TPSA) is 29.5 Å². The van der Waals surface area contributed by atoms with E-state index in [1.807, 2.05) is 13.0 Å². The Hall–Kier alpha value is -1.96. The molecule has 2 nitrogen and oxygen atoms in total. The summed E-state index contributed by atoms with van der Waals surface area (Å²) in [6, 6.07) is 3.80. The van der Waals surface area contributed by atoms with Crippen molar-refractivity contribution in [3.63, 3.8) is 0 Å². The van der Waals surface area contributed by atoms with Gasteiger partial charge in [0.15, 0.2) is 11.5 Å². The van der Waals surface area contributed by atoms with E-state index in [1.165, 1.54) is 11.1 Å². The van der Waals surface area contributed by atoms with Crippen LogP contribution in [0.2, 0.25) is 0 Å². The van der Waals surface area contributed by atoms with Gasteiger partial charge in [0, 0.05) is 5.56 Å². The van der Waals surface area contributed by atoms with Gasteiger partial charge < -0.3 is 9.84 Å². The summed E-state index contributed by atoms with van der Waals surface area (Å²) >= 11 is 0. The van der Waals surface area contributed by atoms with Crippen molar-refractivity contribution in [3.05, 3.63) is 52.6 Å². The first-order valence-electron chi connectivity index (χ1n) is 8.80. The average molecular weight is 326 g/mol. The third kappa shape index (κ3) is 5.02. The number of aromatic hydroxyl groups is 1. The molecule has 2 heteroatoms. The second-order valence-electron chi connectivity index (χ2n) is 7.36. The maximum Gasteiger partial charge on any atom is 0.169 e. The van der Waals surface area contributed by atoms with Crippen LogP contribution in [0.3, 0.4) is 0 Å². The minimum atomic E-state index is -0.365. The number of benzene rings is 1. The molecule has 0 radical (unpaired) electrons. The van der Waals surface area contributed by atoms with E-state index in [0.29, 0.717) is 5.75 Å². The molecule has 1 aliphatic heterocycles. The molecule has 0 saturated carbocycles. The molecule has 1 unspecified atom stereocenters. The second kappa shape index (κ2) is 7.74. The summed E-state index contributed by atoms with van der Waals surface area (Å²) in [7, 11) is 0.